The maximum absolute atomic E-state index is 11.8. The van der Waals surface area contributed by atoms with Crippen molar-refractivity contribution in [2.45, 2.75) is 25.7 Å². The summed E-state index contributed by atoms with van der Waals surface area (Å²) >= 11 is 0. The molecule has 0 radical (unpaired) electrons. The van der Waals surface area contributed by atoms with Crippen molar-refractivity contribution in [3.63, 3.8) is 0 Å². The number of hydrogen-bond acceptors (Lipinski definition) is 5. The molecule has 2 aromatic rings. The minimum atomic E-state index is -1.15. The monoisotopic (exact) mass is 304 g/mol. The number of carbonyl (C=O) groups is 1. The molecule has 1 aliphatic rings. The summed E-state index contributed by atoms with van der Waals surface area (Å²) in [5, 5.41) is 11.3. The van der Waals surface area contributed by atoms with E-state index in [1.165, 1.54) is 0 Å². The zero-order chi connectivity index (χ0) is 16.0. The number of carbonyl (C=O) groups excluding carboxylic acids is 1. The van der Waals surface area contributed by atoms with Gasteiger partial charge < -0.3 is 10.7 Å². The van der Waals surface area contributed by atoms with Crippen LogP contribution in [0.5, 0.6) is 0 Å². The van der Waals surface area contributed by atoms with Crippen LogP contribution in [0.4, 0.5) is 10.5 Å². The second kappa shape index (κ2) is 4.79. The van der Waals surface area contributed by atoms with Gasteiger partial charge in [0, 0.05) is 11.6 Å². The summed E-state index contributed by atoms with van der Waals surface area (Å²) in [4.78, 5) is 48.2. The third kappa shape index (κ3) is 1.90. The predicted molar refractivity (Wildman–Crippen MR) is 77.1 cm³/mol. The van der Waals surface area contributed by atoms with Gasteiger partial charge in [0.05, 0.1) is 16.0 Å². The number of amides is 1. The summed E-state index contributed by atoms with van der Waals surface area (Å²) in [6, 6.07) is -0.0205. The van der Waals surface area contributed by atoms with Crippen LogP contribution in [0.3, 0.4) is 0 Å². The molecule has 9 nitrogen and oxygen atoms in total. The van der Waals surface area contributed by atoms with Gasteiger partial charge in [0.15, 0.2) is 0 Å². The molecule has 3 N–H and O–H groups in total. The normalized spacial score (nSPS) is 13.8. The van der Waals surface area contributed by atoms with Gasteiger partial charge in [0.1, 0.15) is 0 Å². The number of rotatable bonds is 1. The first kappa shape index (κ1) is 14.0. The highest BCUT2D eigenvalue weighted by Crippen LogP contribution is 2.34. The van der Waals surface area contributed by atoms with Crippen LogP contribution in [0.2, 0.25) is 0 Å². The van der Waals surface area contributed by atoms with Crippen molar-refractivity contribution in [3.8, 4) is 0 Å². The van der Waals surface area contributed by atoms with Crippen molar-refractivity contribution < 1.29 is 9.72 Å². The van der Waals surface area contributed by atoms with Gasteiger partial charge in [-0.05, 0) is 31.2 Å². The van der Waals surface area contributed by atoms with Crippen LogP contribution in [-0.2, 0) is 12.8 Å². The van der Waals surface area contributed by atoms with Gasteiger partial charge in [-0.25, -0.2) is 9.36 Å². The standard InChI is InChI=1S/C13H12N4O5/c14-13(20)16-9-5-8(17(21)22)6-3-1-2-4-7(6)10(9)15-11(18)12(16)19/h5H,1-4H2,(H2,14,20)(H,15,18). The third-order valence-electron chi connectivity index (χ3n) is 3.90. The highest BCUT2D eigenvalue weighted by atomic mass is 16.6. The molecule has 1 amide bonds. The number of benzene rings is 1. The molecule has 0 saturated heterocycles. The Balaban J connectivity index is 2.57. The van der Waals surface area contributed by atoms with E-state index in [1.807, 2.05) is 0 Å². The molecule has 22 heavy (non-hydrogen) atoms. The molecule has 0 saturated carbocycles. The number of aryl methyl sites for hydroxylation is 1. The number of aromatic nitrogens is 2. The predicted octanol–water partition coefficient (Wildman–Crippen LogP) is 0.404. The van der Waals surface area contributed by atoms with Crippen LogP contribution in [0.15, 0.2) is 15.7 Å². The summed E-state index contributed by atoms with van der Waals surface area (Å²) in [6.45, 7) is 0. The maximum atomic E-state index is 11.8. The zero-order valence-electron chi connectivity index (χ0n) is 11.4. The summed E-state index contributed by atoms with van der Waals surface area (Å²) in [7, 11) is 0. The molecule has 0 unspecified atom stereocenters. The molecule has 1 aliphatic carbocycles. The zero-order valence-corrected chi connectivity index (χ0v) is 11.4. The first-order valence-electron chi connectivity index (χ1n) is 6.70. The first-order chi connectivity index (χ1) is 10.4. The lowest BCUT2D eigenvalue weighted by molar-refractivity contribution is -0.385. The Morgan fingerprint density at radius 1 is 1.27 bits per heavy atom. The number of nitro benzene ring substituents is 1. The van der Waals surface area contributed by atoms with E-state index in [-0.39, 0.29) is 16.7 Å². The largest absolute Gasteiger partial charge is 0.351 e. The molecule has 114 valence electrons. The first-order valence-corrected chi connectivity index (χ1v) is 6.70. The van der Waals surface area contributed by atoms with E-state index in [0.717, 1.165) is 18.9 Å². The number of nitrogens with one attached hydrogen (secondary N) is 1. The van der Waals surface area contributed by atoms with Gasteiger partial charge in [-0.3, -0.25) is 19.7 Å². The van der Waals surface area contributed by atoms with Gasteiger partial charge >= 0.3 is 17.1 Å². The number of nitrogens with two attached hydrogens (primary N) is 1. The van der Waals surface area contributed by atoms with Crippen LogP contribution in [-0.4, -0.2) is 20.5 Å². The van der Waals surface area contributed by atoms with Crippen LogP contribution < -0.4 is 16.9 Å². The van der Waals surface area contributed by atoms with Gasteiger partial charge in [0.2, 0.25) is 0 Å². The summed E-state index contributed by atoms with van der Waals surface area (Å²) < 4.78 is 0.482. The molecule has 1 aromatic carbocycles. The molecule has 1 heterocycles. The lowest BCUT2D eigenvalue weighted by atomic mass is 9.89. The molecular weight excluding hydrogens is 292 g/mol. The lowest BCUT2D eigenvalue weighted by Crippen LogP contribution is -2.42. The smallest absolute Gasteiger partial charge is 0.326 e. The Morgan fingerprint density at radius 3 is 2.50 bits per heavy atom. The topological polar surface area (TPSA) is 141 Å². The van der Waals surface area contributed by atoms with Crippen molar-refractivity contribution >= 4 is 22.8 Å². The molecule has 9 heteroatoms. The highest BCUT2D eigenvalue weighted by Gasteiger charge is 2.26. The van der Waals surface area contributed by atoms with Crippen LogP contribution in [0.1, 0.15) is 24.0 Å². The minimum Gasteiger partial charge on any atom is -0.351 e. The number of primary amides is 1. The lowest BCUT2D eigenvalue weighted by Gasteiger charge is -2.18. The van der Waals surface area contributed by atoms with Gasteiger partial charge in [-0.15, -0.1) is 0 Å². The third-order valence-corrected chi connectivity index (χ3v) is 3.90. The fourth-order valence-corrected chi connectivity index (χ4v) is 2.98. The molecule has 0 fully saturated rings. The second-order valence-electron chi connectivity index (χ2n) is 5.14. The SMILES string of the molecule is NC(=O)n1c(=O)c(=O)[nH]c2c3c(c([N+](=O)[O-])cc21)CCCC3. The van der Waals surface area contributed by atoms with Gasteiger partial charge in [0.25, 0.3) is 5.69 Å². The summed E-state index contributed by atoms with van der Waals surface area (Å²) in [5.41, 5.74) is 4.23. The van der Waals surface area contributed by atoms with Crippen molar-refractivity contribution in [3.05, 3.63) is 48.0 Å². The number of hydrogen-bond donors (Lipinski definition) is 2. The Kier molecular flexibility index (Phi) is 3.05. The number of H-pyrrole nitrogens is 1. The van der Waals surface area contributed by atoms with Crippen LogP contribution in [0, 0.1) is 10.1 Å². The van der Waals surface area contributed by atoms with Crippen LogP contribution in [0.25, 0.3) is 11.0 Å². The Hall–Kier alpha value is -2.97. The summed E-state index contributed by atoms with van der Waals surface area (Å²) in [6.07, 6.45) is 2.65. The maximum Gasteiger partial charge on any atom is 0.326 e. The minimum absolute atomic E-state index is 0.0375. The molecular formula is C13H12N4O5. The Bertz CT molecular complexity index is 940. The molecule has 0 aliphatic heterocycles. The number of nitrogens with zero attached hydrogens (tertiary/aromatic N) is 2. The van der Waals surface area contributed by atoms with E-state index < -0.39 is 22.1 Å². The summed E-state index contributed by atoms with van der Waals surface area (Å²) in [5.74, 6) is 0. The van der Waals surface area contributed by atoms with Crippen molar-refractivity contribution in [1.29, 1.82) is 0 Å². The average molecular weight is 304 g/mol. The van der Waals surface area contributed by atoms with E-state index in [0.29, 0.717) is 28.5 Å². The van der Waals surface area contributed by atoms with Gasteiger partial charge in [-0.2, -0.15) is 0 Å². The van der Waals surface area contributed by atoms with Crippen molar-refractivity contribution in [1.82, 2.24) is 9.55 Å². The Morgan fingerprint density at radius 2 is 1.91 bits per heavy atom. The van der Waals surface area contributed by atoms with Crippen LogP contribution >= 0.6 is 0 Å². The molecule has 0 bridgehead atoms. The fraction of sp³-hybridized carbons (Fsp3) is 0.308. The molecule has 0 atom stereocenters. The number of fused-ring (bicyclic) bond motifs is 3. The van der Waals surface area contributed by atoms with E-state index in [1.54, 1.807) is 0 Å². The Labute approximate surface area is 122 Å². The number of nitro groups is 1. The highest BCUT2D eigenvalue weighted by molar-refractivity contribution is 5.91. The van der Waals surface area contributed by atoms with Gasteiger partial charge in [-0.1, -0.05) is 0 Å². The fourth-order valence-electron chi connectivity index (χ4n) is 2.98. The van der Waals surface area contributed by atoms with E-state index in [2.05, 4.69) is 4.98 Å². The molecule has 0 spiro atoms. The molecule has 1 aromatic heterocycles. The van der Waals surface area contributed by atoms with E-state index >= 15 is 0 Å². The molecule has 3 rings (SSSR count). The number of aromatic amines is 1. The van der Waals surface area contributed by atoms with E-state index in [4.69, 9.17) is 5.73 Å². The van der Waals surface area contributed by atoms with Crippen molar-refractivity contribution in [2.75, 3.05) is 0 Å². The average Bonchev–Trinajstić information content (AvgIpc) is 2.47. The second-order valence-corrected chi connectivity index (χ2v) is 5.14. The quantitative estimate of drug-likeness (QED) is 0.445. The van der Waals surface area contributed by atoms with E-state index in [9.17, 15) is 24.5 Å². The van der Waals surface area contributed by atoms with Crippen molar-refractivity contribution in [2.24, 2.45) is 5.73 Å².